The summed E-state index contributed by atoms with van der Waals surface area (Å²) in [6.45, 7) is 13.7. The number of benzene rings is 1. The fraction of sp³-hybridized carbons (Fsp3) is 0.744. The van der Waals surface area contributed by atoms with E-state index >= 15 is 0 Å². The van der Waals surface area contributed by atoms with Crippen molar-refractivity contribution in [1.82, 2.24) is 9.88 Å². The second-order valence-corrected chi connectivity index (χ2v) is 18.2. The standard InChI is InChI=1S/C43H62N2O4/c1-6-26-24-45-18-15-27(26)19-39(45)41(48)32-20-28(44-38-12-9-30(49-5)22-31(32)38)8-7-25(2)34-10-11-35-33-23-40(47)37-21-29(46)13-16-43(37,4)36(33)14-17-42(34,35)3/h6,9,12,20,22,25-27,29,33-37,39-41,46-48H,1,7-8,10-11,13-19,21,23-24H2,2-5H3/t25-,26+,27+,29-,33+,34-,35+,36+,37+,39-,40+,41+,42-,43-/m1/s1. The second-order valence-electron chi connectivity index (χ2n) is 18.2. The number of hydrogen-bond donors (Lipinski definition) is 3. The zero-order chi connectivity index (χ0) is 34.2. The van der Waals surface area contributed by atoms with Crippen molar-refractivity contribution in [2.45, 2.75) is 122 Å². The van der Waals surface area contributed by atoms with Crippen molar-refractivity contribution in [3.05, 3.63) is 48.2 Å². The van der Waals surface area contributed by atoms with Crippen LogP contribution in [0.3, 0.4) is 0 Å². The minimum absolute atomic E-state index is 0.124. The molecule has 6 heteroatoms. The molecular weight excluding hydrogens is 608 g/mol. The molecule has 4 heterocycles. The third kappa shape index (κ3) is 5.61. The molecule has 6 nitrogen and oxygen atoms in total. The zero-order valence-electron chi connectivity index (χ0n) is 30.6. The molecule has 1 unspecified atom stereocenters. The number of ether oxygens (including phenoxy) is 1. The van der Waals surface area contributed by atoms with E-state index in [1.165, 1.54) is 32.1 Å². The quantitative estimate of drug-likeness (QED) is 0.249. The van der Waals surface area contributed by atoms with E-state index in [1.807, 2.05) is 6.07 Å². The van der Waals surface area contributed by atoms with Gasteiger partial charge in [-0.25, -0.2) is 0 Å². The van der Waals surface area contributed by atoms with Crippen molar-refractivity contribution in [2.24, 2.45) is 58.2 Å². The predicted molar refractivity (Wildman–Crippen MR) is 195 cm³/mol. The highest BCUT2D eigenvalue weighted by Gasteiger charge is 2.62. The molecule has 3 aliphatic heterocycles. The van der Waals surface area contributed by atoms with Gasteiger partial charge < -0.3 is 20.1 Å². The van der Waals surface area contributed by atoms with Crippen molar-refractivity contribution in [3.8, 4) is 5.75 Å². The maximum atomic E-state index is 12.1. The lowest BCUT2D eigenvalue weighted by Gasteiger charge is -2.62. The van der Waals surface area contributed by atoms with Gasteiger partial charge in [0.1, 0.15) is 5.75 Å². The Hall–Kier alpha value is -1.99. The lowest BCUT2D eigenvalue weighted by Crippen LogP contribution is -2.58. The smallest absolute Gasteiger partial charge is 0.119 e. The summed E-state index contributed by atoms with van der Waals surface area (Å²) in [6, 6.07) is 8.47. The first-order valence-electron chi connectivity index (χ1n) is 19.9. The van der Waals surface area contributed by atoms with E-state index in [1.54, 1.807) is 7.11 Å². The Morgan fingerprint density at radius 2 is 1.80 bits per heavy atom. The van der Waals surface area contributed by atoms with Gasteiger partial charge in [0, 0.05) is 23.7 Å². The largest absolute Gasteiger partial charge is 0.497 e. The van der Waals surface area contributed by atoms with Crippen LogP contribution in [0.1, 0.15) is 109 Å². The van der Waals surface area contributed by atoms with Crippen LogP contribution in [0, 0.1) is 58.2 Å². The molecule has 3 N–H and O–H groups in total. The van der Waals surface area contributed by atoms with E-state index in [2.05, 4.69) is 56.5 Å². The minimum Gasteiger partial charge on any atom is -0.497 e. The van der Waals surface area contributed by atoms with E-state index in [0.29, 0.717) is 46.8 Å². The maximum Gasteiger partial charge on any atom is 0.119 e. The first-order valence-corrected chi connectivity index (χ1v) is 19.9. The van der Waals surface area contributed by atoms with Crippen LogP contribution >= 0.6 is 0 Å². The molecule has 1 aromatic heterocycles. The Bertz CT molecular complexity index is 1550. The number of aryl methyl sites for hydroxylation is 1. The SMILES string of the molecule is C=C[C@H]1CN2CC[C@H]1C[C@@H]2[C@@H](O)c1cc(CC[C@@H](C)[C@H]2CC[C@H]3[C@@H]4C[C@H](O)[C@@H]5C[C@H](O)CC[C@]5(C)[C@H]4CC[C@]23C)nc2ccc(OC)cc12. The van der Waals surface area contributed by atoms with Gasteiger partial charge in [-0.3, -0.25) is 9.88 Å². The van der Waals surface area contributed by atoms with Crippen LogP contribution in [0.5, 0.6) is 5.75 Å². The van der Waals surface area contributed by atoms with Crippen molar-refractivity contribution in [3.63, 3.8) is 0 Å². The van der Waals surface area contributed by atoms with Crippen LogP contribution in [0.2, 0.25) is 0 Å². The van der Waals surface area contributed by atoms with Gasteiger partial charge in [0.05, 0.1) is 30.9 Å². The summed E-state index contributed by atoms with van der Waals surface area (Å²) in [6.07, 6.45) is 14.1. The average molecular weight is 671 g/mol. The number of nitrogens with zero attached hydrogens (tertiary/aromatic N) is 2. The summed E-state index contributed by atoms with van der Waals surface area (Å²) < 4.78 is 5.62. The van der Waals surface area contributed by atoms with E-state index < -0.39 is 6.10 Å². The van der Waals surface area contributed by atoms with E-state index in [0.717, 1.165) is 85.9 Å². The topological polar surface area (TPSA) is 86.1 Å². The summed E-state index contributed by atoms with van der Waals surface area (Å²) in [7, 11) is 1.71. The summed E-state index contributed by atoms with van der Waals surface area (Å²) in [5, 5.41) is 35.0. The molecule has 7 aliphatic rings. The Balaban J connectivity index is 1.00. The number of piperidine rings is 3. The van der Waals surface area contributed by atoms with Gasteiger partial charge in [0.25, 0.3) is 0 Å². The second kappa shape index (κ2) is 12.9. The number of rotatable bonds is 8. The highest BCUT2D eigenvalue weighted by Crippen LogP contribution is 2.68. The van der Waals surface area contributed by atoms with Crippen LogP contribution in [0.4, 0.5) is 0 Å². The normalized spacial score (nSPS) is 44.1. The van der Waals surface area contributed by atoms with Crippen molar-refractivity contribution in [2.75, 3.05) is 20.2 Å². The zero-order valence-corrected chi connectivity index (χ0v) is 30.6. The van der Waals surface area contributed by atoms with Gasteiger partial charge in [0.15, 0.2) is 0 Å². The van der Waals surface area contributed by atoms with Gasteiger partial charge in [-0.1, -0.05) is 26.8 Å². The Morgan fingerprint density at radius 1 is 1.00 bits per heavy atom. The van der Waals surface area contributed by atoms with Gasteiger partial charge >= 0.3 is 0 Å². The lowest BCUT2D eigenvalue weighted by molar-refractivity contribution is -0.172. The summed E-state index contributed by atoms with van der Waals surface area (Å²) in [4.78, 5) is 7.68. The molecule has 2 bridgehead atoms. The molecule has 0 radical (unpaired) electrons. The number of aromatic nitrogens is 1. The molecule has 268 valence electrons. The highest BCUT2D eigenvalue weighted by atomic mass is 16.5. The van der Waals surface area contributed by atoms with Crippen LogP contribution in [0.15, 0.2) is 36.9 Å². The molecule has 4 aliphatic carbocycles. The molecule has 49 heavy (non-hydrogen) atoms. The molecular formula is C43H62N2O4. The molecule has 7 fully saturated rings. The van der Waals surface area contributed by atoms with E-state index in [-0.39, 0.29) is 29.6 Å². The number of pyridine rings is 1. The van der Waals surface area contributed by atoms with Crippen LogP contribution < -0.4 is 4.74 Å². The molecule has 4 saturated carbocycles. The molecule has 3 saturated heterocycles. The van der Waals surface area contributed by atoms with Crippen molar-refractivity contribution < 1.29 is 20.1 Å². The fourth-order valence-corrected chi connectivity index (χ4v) is 13.5. The number of aliphatic hydroxyl groups is 3. The summed E-state index contributed by atoms with van der Waals surface area (Å²) in [5.74, 6) is 5.45. The summed E-state index contributed by atoms with van der Waals surface area (Å²) in [5.41, 5.74) is 3.54. The average Bonchev–Trinajstić information content (AvgIpc) is 3.48. The Kier molecular flexibility index (Phi) is 8.98. The molecule has 0 spiro atoms. The van der Waals surface area contributed by atoms with Gasteiger partial charge in [0.2, 0.25) is 0 Å². The first-order chi connectivity index (χ1) is 23.5. The van der Waals surface area contributed by atoms with E-state index in [9.17, 15) is 15.3 Å². The minimum atomic E-state index is -0.563. The van der Waals surface area contributed by atoms with Gasteiger partial charge in [-0.15, -0.1) is 6.58 Å². The Morgan fingerprint density at radius 3 is 2.55 bits per heavy atom. The molecule has 2 aromatic rings. The monoisotopic (exact) mass is 670 g/mol. The van der Waals surface area contributed by atoms with Gasteiger partial charge in [-0.2, -0.15) is 0 Å². The number of fused-ring (bicyclic) bond motifs is 9. The summed E-state index contributed by atoms with van der Waals surface area (Å²) >= 11 is 0. The van der Waals surface area contributed by atoms with Crippen molar-refractivity contribution in [1.29, 1.82) is 0 Å². The fourth-order valence-electron chi connectivity index (χ4n) is 13.5. The van der Waals surface area contributed by atoms with Crippen molar-refractivity contribution >= 4 is 10.9 Å². The highest BCUT2D eigenvalue weighted by molar-refractivity contribution is 5.84. The van der Waals surface area contributed by atoms with E-state index in [4.69, 9.17) is 9.72 Å². The Labute approximate surface area is 294 Å². The van der Waals surface area contributed by atoms with Gasteiger partial charge in [-0.05, 0) is 172 Å². The maximum absolute atomic E-state index is 12.1. The predicted octanol–water partition coefficient (Wildman–Crippen LogP) is 7.73. The number of hydrogen-bond acceptors (Lipinski definition) is 6. The van der Waals surface area contributed by atoms with Crippen LogP contribution in [0.25, 0.3) is 10.9 Å². The van der Waals surface area contributed by atoms with Crippen LogP contribution in [-0.2, 0) is 6.42 Å². The third-order valence-electron chi connectivity index (χ3n) is 16.2. The number of methoxy groups -OCH3 is 1. The number of aliphatic hydroxyl groups excluding tert-OH is 3. The molecule has 0 amide bonds. The first kappa shape index (κ1) is 34.1. The molecule has 15 atom stereocenters. The third-order valence-corrected chi connectivity index (χ3v) is 16.2. The lowest BCUT2D eigenvalue weighted by atomic mass is 9.44. The molecule has 9 rings (SSSR count). The molecule has 1 aromatic carbocycles. The van der Waals surface area contributed by atoms with Crippen LogP contribution in [-0.4, -0.2) is 63.7 Å².